The fraction of sp³-hybridized carbons (Fsp3) is 0.391. The van der Waals surface area contributed by atoms with Crippen molar-refractivity contribution in [3.8, 4) is 0 Å². The van der Waals surface area contributed by atoms with Crippen LogP contribution < -0.4 is 0 Å². The van der Waals surface area contributed by atoms with Crippen LogP contribution >= 0.6 is 0 Å². The molecule has 5 heteroatoms. The van der Waals surface area contributed by atoms with Crippen LogP contribution in [0.1, 0.15) is 51.4 Å². The topological polar surface area (TPSA) is 34.1 Å². The molecule has 0 aromatic heterocycles. The van der Waals surface area contributed by atoms with Crippen molar-refractivity contribution < 1.29 is 22.8 Å². The van der Waals surface area contributed by atoms with E-state index in [0.717, 1.165) is 27.8 Å². The van der Waals surface area contributed by atoms with Gasteiger partial charge in [-0.2, -0.15) is 13.2 Å². The van der Waals surface area contributed by atoms with Gasteiger partial charge in [-0.3, -0.25) is 9.59 Å². The Morgan fingerprint density at radius 2 is 1.11 bits per heavy atom. The molecule has 0 unspecified atom stereocenters. The summed E-state index contributed by atoms with van der Waals surface area (Å²) >= 11 is 0. The fourth-order valence-electron chi connectivity index (χ4n) is 3.67. The van der Waals surface area contributed by atoms with E-state index in [0.29, 0.717) is 29.5 Å². The number of Topliss-reactive ketones (excluding diaryl/α,β-unsaturated/α-hetero) is 2. The highest BCUT2D eigenvalue weighted by atomic mass is 19.4. The molecule has 0 heterocycles. The standard InChI is InChI=1S/C23H25F3O2/c1-13-6-18(7-14(2)20(13)10-17(5)27)11-19-8-15(3)21(16(4)9-19)12-22(28)23(24,25)26/h6-9H,10-12H2,1-5H3. The van der Waals surface area contributed by atoms with Gasteiger partial charge in [0.05, 0.1) is 0 Å². The molecule has 150 valence electrons. The number of rotatable bonds is 6. The van der Waals surface area contributed by atoms with Gasteiger partial charge in [0.25, 0.3) is 0 Å². The van der Waals surface area contributed by atoms with E-state index in [1.165, 1.54) is 0 Å². The summed E-state index contributed by atoms with van der Waals surface area (Å²) in [6.07, 6.45) is -4.39. The summed E-state index contributed by atoms with van der Waals surface area (Å²) in [7, 11) is 0. The smallest absolute Gasteiger partial charge is 0.300 e. The molecular weight excluding hydrogens is 365 g/mol. The number of hydrogen-bond acceptors (Lipinski definition) is 2. The van der Waals surface area contributed by atoms with Crippen LogP contribution in [0.2, 0.25) is 0 Å². The van der Waals surface area contributed by atoms with E-state index in [1.807, 2.05) is 26.0 Å². The van der Waals surface area contributed by atoms with Gasteiger partial charge >= 0.3 is 6.18 Å². The average molecular weight is 390 g/mol. The number of benzene rings is 2. The Morgan fingerprint density at radius 1 is 0.750 bits per heavy atom. The molecule has 0 saturated heterocycles. The summed E-state index contributed by atoms with van der Waals surface area (Å²) in [6.45, 7) is 9.02. The lowest BCUT2D eigenvalue weighted by Crippen LogP contribution is -2.25. The Balaban J connectivity index is 2.28. The Hall–Kier alpha value is -2.43. The van der Waals surface area contributed by atoms with Crippen LogP contribution in [0, 0.1) is 27.7 Å². The van der Waals surface area contributed by atoms with Crippen molar-refractivity contribution in [3.63, 3.8) is 0 Å². The van der Waals surface area contributed by atoms with Gasteiger partial charge in [0.1, 0.15) is 5.78 Å². The number of hydrogen-bond donors (Lipinski definition) is 0. The predicted molar refractivity (Wildman–Crippen MR) is 104 cm³/mol. The molecule has 0 spiro atoms. The van der Waals surface area contributed by atoms with Crippen molar-refractivity contribution in [2.75, 3.05) is 0 Å². The first-order valence-electron chi connectivity index (χ1n) is 9.16. The van der Waals surface area contributed by atoms with E-state index >= 15 is 0 Å². The van der Waals surface area contributed by atoms with Gasteiger partial charge < -0.3 is 0 Å². The Morgan fingerprint density at radius 3 is 1.43 bits per heavy atom. The third-order valence-corrected chi connectivity index (χ3v) is 5.00. The minimum absolute atomic E-state index is 0.120. The molecule has 0 bridgehead atoms. The van der Waals surface area contributed by atoms with Crippen LogP contribution in [-0.2, 0) is 28.9 Å². The lowest BCUT2D eigenvalue weighted by Gasteiger charge is -2.15. The number of carbonyl (C=O) groups is 2. The Kier molecular flexibility index (Phi) is 6.48. The molecule has 0 atom stereocenters. The second-order valence-electron chi connectivity index (χ2n) is 7.57. The van der Waals surface area contributed by atoms with Crippen molar-refractivity contribution in [2.24, 2.45) is 0 Å². The molecule has 2 aromatic rings. The van der Waals surface area contributed by atoms with E-state index < -0.39 is 18.4 Å². The average Bonchev–Trinajstić information content (AvgIpc) is 2.53. The normalized spacial score (nSPS) is 11.6. The van der Waals surface area contributed by atoms with Crippen molar-refractivity contribution in [1.29, 1.82) is 0 Å². The van der Waals surface area contributed by atoms with Gasteiger partial charge in [-0.15, -0.1) is 0 Å². The third-order valence-electron chi connectivity index (χ3n) is 5.00. The van der Waals surface area contributed by atoms with Crippen LogP contribution in [0.4, 0.5) is 13.2 Å². The van der Waals surface area contributed by atoms with Crippen LogP contribution in [0.25, 0.3) is 0 Å². The molecule has 0 aliphatic rings. The zero-order chi connectivity index (χ0) is 21.2. The van der Waals surface area contributed by atoms with Gasteiger partial charge in [0.15, 0.2) is 0 Å². The second-order valence-corrected chi connectivity index (χ2v) is 7.57. The number of aryl methyl sites for hydroxylation is 4. The summed E-state index contributed by atoms with van der Waals surface area (Å²) in [5.41, 5.74) is 7.05. The van der Waals surface area contributed by atoms with E-state index in [4.69, 9.17) is 0 Å². The minimum Gasteiger partial charge on any atom is -0.300 e. The second kappa shape index (κ2) is 8.29. The van der Waals surface area contributed by atoms with Crippen molar-refractivity contribution in [1.82, 2.24) is 0 Å². The van der Waals surface area contributed by atoms with E-state index in [-0.39, 0.29) is 5.78 Å². The van der Waals surface area contributed by atoms with Crippen molar-refractivity contribution in [3.05, 3.63) is 68.8 Å². The highest BCUT2D eigenvalue weighted by Crippen LogP contribution is 2.25. The van der Waals surface area contributed by atoms with Gasteiger partial charge in [-0.25, -0.2) is 0 Å². The lowest BCUT2D eigenvalue weighted by molar-refractivity contribution is -0.170. The summed E-state index contributed by atoms with van der Waals surface area (Å²) in [6, 6.07) is 7.80. The fourth-order valence-corrected chi connectivity index (χ4v) is 3.67. The molecule has 2 nitrogen and oxygen atoms in total. The quantitative estimate of drug-likeness (QED) is 0.669. The molecule has 0 amide bonds. The maximum atomic E-state index is 12.6. The zero-order valence-electron chi connectivity index (χ0n) is 16.9. The van der Waals surface area contributed by atoms with E-state index in [9.17, 15) is 22.8 Å². The maximum Gasteiger partial charge on any atom is 0.450 e. The maximum absolute atomic E-state index is 12.6. The Labute approximate surface area is 163 Å². The molecule has 0 aliphatic heterocycles. The molecule has 2 rings (SSSR count). The minimum atomic E-state index is -4.81. The SMILES string of the molecule is CC(=O)Cc1c(C)cc(Cc2cc(C)c(CC(=O)C(F)(F)F)c(C)c2)cc1C. The molecule has 0 N–H and O–H groups in total. The summed E-state index contributed by atoms with van der Waals surface area (Å²) in [4.78, 5) is 22.8. The zero-order valence-corrected chi connectivity index (χ0v) is 16.9. The monoisotopic (exact) mass is 390 g/mol. The van der Waals surface area contributed by atoms with E-state index in [2.05, 4.69) is 12.1 Å². The molecule has 0 fully saturated rings. The summed E-state index contributed by atoms with van der Waals surface area (Å²) in [5, 5.41) is 0. The molecule has 0 radical (unpaired) electrons. The molecule has 2 aromatic carbocycles. The van der Waals surface area contributed by atoms with E-state index in [1.54, 1.807) is 20.8 Å². The number of carbonyl (C=O) groups excluding carboxylic acids is 2. The third kappa shape index (κ3) is 5.31. The first-order chi connectivity index (χ1) is 12.9. The van der Waals surface area contributed by atoms with Crippen LogP contribution in [0.15, 0.2) is 24.3 Å². The summed E-state index contributed by atoms with van der Waals surface area (Å²) in [5.74, 6) is -1.60. The Bertz CT molecular complexity index is 878. The first kappa shape index (κ1) is 21.9. The van der Waals surface area contributed by atoms with Gasteiger partial charge in [-0.1, -0.05) is 24.3 Å². The van der Waals surface area contributed by atoms with Crippen LogP contribution in [-0.4, -0.2) is 17.7 Å². The van der Waals surface area contributed by atoms with Crippen LogP contribution in [0.5, 0.6) is 0 Å². The predicted octanol–water partition coefficient (Wildman–Crippen LogP) is 5.32. The van der Waals surface area contributed by atoms with Crippen molar-refractivity contribution >= 4 is 11.6 Å². The molecule has 0 aliphatic carbocycles. The largest absolute Gasteiger partial charge is 0.450 e. The molecular formula is C23H25F3O2. The van der Waals surface area contributed by atoms with Crippen LogP contribution in [0.3, 0.4) is 0 Å². The number of alkyl halides is 3. The highest BCUT2D eigenvalue weighted by molar-refractivity contribution is 5.86. The van der Waals surface area contributed by atoms with Gasteiger partial charge in [-0.05, 0) is 85.5 Å². The first-order valence-corrected chi connectivity index (χ1v) is 9.16. The number of halogens is 3. The summed E-state index contributed by atoms with van der Waals surface area (Å²) < 4.78 is 37.7. The molecule has 28 heavy (non-hydrogen) atoms. The molecule has 0 saturated carbocycles. The van der Waals surface area contributed by atoms with Gasteiger partial charge in [0.2, 0.25) is 5.78 Å². The number of ketones is 2. The van der Waals surface area contributed by atoms with Gasteiger partial charge in [0, 0.05) is 12.8 Å². The van der Waals surface area contributed by atoms with Crippen molar-refractivity contribution in [2.45, 2.75) is 60.1 Å². The highest BCUT2D eigenvalue weighted by Gasteiger charge is 2.38. The lowest BCUT2D eigenvalue weighted by atomic mass is 9.90.